The average Bonchev–Trinajstić information content (AvgIpc) is 2.87. The Balaban J connectivity index is 2.17. The molecule has 1 rings (SSSR count). The molecule has 4 nitrogen and oxygen atoms in total. The molecule has 1 amide bonds. The van der Waals surface area contributed by atoms with Crippen LogP contribution in [-0.2, 0) is 15.3 Å². The minimum Gasteiger partial charge on any atom is -0.481 e. The quantitative estimate of drug-likeness (QED) is 0.736. The van der Waals surface area contributed by atoms with Crippen LogP contribution in [0.25, 0.3) is 0 Å². The van der Waals surface area contributed by atoms with Gasteiger partial charge in [-0.05, 0) is 17.9 Å². The number of amides is 1. The average molecular weight is 301 g/mol. The fourth-order valence-corrected chi connectivity index (χ4v) is 3.29. The number of aliphatic carboxylic acids is 1. The molecular formula is C13H19NO3S2. The van der Waals surface area contributed by atoms with Gasteiger partial charge >= 0.3 is 5.97 Å². The summed E-state index contributed by atoms with van der Waals surface area (Å²) >= 11 is 3.22. The van der Waals surface area contributed by atoms with Crippen molar-refractivity contribution in [1.82, 2.24) is 5.32 Å². The van der Waals surface area contributed by atoms with Gasteiger partial charge in [0.2, 0.25) is 5.91 Å². The second kappa shape index (κ2) is 8.98. The lowest BCUT2D eigenvalue weighted by Gasteiger charge is -2.12. The van der Waals surface area contributed by atoms with Crippen LogP contribution >= 0.6 is 23.1 Å². The minimum absolute atomic E-state index is 0.0936. The van der Waals surface area contributed by atoms with Crippen LogP contribution in [0.4, 0.5) is 0 Å². The molecule has 2 N–H and O–H groups in total. The van der Waals surface area contributed by atoms with Gasteiger partial charge in [0, 0.05) is 17.2 Å². The van der Waals surface area contributed by atoms with E-state index < -0.39 is 11.9 Å². The van der Waals surface area contributed by atoms with Crippen molar-refractivity contribution in [2.45, 2.75) is 25.5 Å². The van der Waals surface area contributed by atoms with E-state index in [9.17, 15) is 9.59 Å². The first-order chi connectivity index (χ1) is 9.13. The monoisotopic (exact) mass is 301 g/mol. The number of thiophene rings is 1. The van der Waals surface area contributed by atoms with Crippen molar-refractivity contribution in [2.75, 3.05) is 12.3 Å². The van der Waals surface area contributed by atoms with Crippen molar-refractivity contribution in [3.05, 3.63) is 22.4 Å². The Bertz CT molecular complexity index is 393. The van der Waals surface area contributed by atoms with Gasteiger partial charge in [0.15, 0.2) is 0 Å². The van der Waals surface area contributed by atoms with Crippen LogP contribution in [0.15, 0.2) is 17.5 Å². The molecule has 1 atom stereocenters. The molecule has 1 aromatic heterocycles. The lowest BCUT2D eigenvalue weighted by atomic mass is 10.0. The standard InChI is InChI=1S/C13H19NO3S2/c1-2-4-10(13(16)17)7-14-12(15)9-18-8-11-5-3-6-19-11/h3,5-6,10H,2,4,7-9H2,1H3,(H,14,15)(H,16,17). The van der Waals surface area contributed by atoms with Crippen molar-refractivity contribution in [2.24, 2.45) is 5.92 Å². The van der Waals surface area contributed by atoms with Gasteiger partial charge in [-0.1, -0.05) is 19.4 Å². The smallest absolute Gasteiger partial charge is 0.308 e. The summed E-state index contributed by atoms with van der Waals surface area (Å²) in [6.45, 7) is 2.16. The van der Waals surface area contributed by atoms with Gasteiger partial charge in [0.05, 0.1) is 11.7 Å². The number of carboxylic acid groups (broad SMARTS) is 1. The fourth-order valence-electron chi connectivity index (χ4n) is 1.59. The lowest BCUT2D eigenvalue weighted by Crippen LogP contribution is -2.33. The molecule has 1 aromatic rings. The highest BCUT2D eigenvalue weighted by atomic mass is 32.2. The Morgan fingerprint density at radius 1 is 1.53 bits per heavy atom. The maximum atomic E-state index is 11.6. The second-order valence-electron chi connectivity index (χ2n) is 4.20. The first-order valence-electron chi connectivity index (χ1n) is 6.23. The molecule has 0 aliphatic carbocycles. The molecule has 0 aromatic carbocycles. The number of rotatable bonds is 9. The summed E-state index contributed by atoms with van der Waals surface area (Å²) in [6, 6.07) is 4.03. The van der Waals surface area contributed by atoms with E-state index in [1.807, 2.05) is 24.4 Å². The SMILES string of the molecule is CCCC(CNC(=O)CSCc1cccs1)C(=O)O. The number of carboxylic acids is 1. The van der Waals surface area contributed by atoms with Crippen LogP contribution < -0.4 is 5.32 Å². The molecule has 0 saturated carbocycles. The number of thioether (sulfide) groups is 1. The summed E-state index contributed by atoms with van der Waals surface area (Å²) in [6.07, 6.45) is 1.40. The van der Waals surface area contributed by atoms with E-state index in [0.717, 1.165) is 12.2 Å². The van der Waals surface area contributed by atoms with Crippen LogP contribution in [-0.4, -0.2) is 29.3 Å². The molecule has 1 unspecified atom stereocenters. The van der Waals surface area contributed by atoms with E-state index in [1.165, 1.54) is 4.88 Å². The maximum absolute atomic E-state index is 11.6. The first kappa shape index (κ1) is 16.0. The third kappa shape index (κ3) is 6.63. The molecular weight excluding hydrogens is 282 g/mol. The van der Waals surface area contributed by atoms with E-state index >= 15 is 0 Å². The van der Waals surface area contributed by atoms with E-state index in [1.54, 1.807) is 23.1 Å². The summed E-state index contributed by atoms with van der Waals surface area (Å²) in [7, 11) is 0. The molecule has 1 heterocycles. The van der Waals surface area contributed by atoms with Crippen molar-refractivity contribution in [3.8, 4) is 0 Å². The molecule has 19 heavy (non-hydrogen) atoms. The zero-order chi connectivity index (χ0) is 14.1. The second-order valence-corrected chi connectivity index (χ2v) is 6.22. The summed E-state index contributed by atoms with van der Waals surface area (Å²) in [5.74, 6) is -0.216. The fraction of sp³-hybridized carbons (Fsp3) is 0.538. The van der Waals surface area contributed by atoms with Crippen molar-refractivity contribution >= 4 is 35.0 Å². The number of carbonyl (C=O) groups excluding carboxylic acids is 1. The van der Waals surface area contributed by atoms with Crippen LogP contribution in [0, 0.1) is 5.92 Å². The van der Waals surface area contributed by atoms with Gasteiger partial charge in [0.1, 0.15) is 0 Å². The highest BCUT2D eigenvalue weighted by Crippen LogP contribution is 2.16. The van der Waals surface area contributed by atoms with Gasteiger partial charge in [-0.2, -0.15) is 0 Å². The van der Waals surface area contributed by atoms with Gasteiger partial charge in [-0.3, -0.25) is 9.59 Å². The number of hydrogen-bond donors (Lipinski definition) is 2. The predicted octanol–water partition coefficient (Wildman–Crippen LogP) is 2.60. The van der Waals surface area contributed by atoms with Crippen molar-refractivity contribution in [3.63, 3.8) is 0 Å². The number of hydrogen-bond acceptors (Lipinski definition) is 4. The Morgan fingerprint density at radius 3 is 2.89 bits per heavy atom. The van der Waals surface area contributed by atoms with Crippen molar-refractivity contribution < 1.29 is 14.7 Å². The zero-order valence-corrected chi connectivity index (χ0v) is 12.6. The van der Waals surface area contributed by atoms with E-state index in [-0.39, 0.29) is 12.5 Å². The summed E-state index contributed by atoms with van der Waals surface area (Å²) in [5, 5.41) is 13.7. The van der Waals surface area contributed by atoms with Crippen LogP contribution in [0.3, 0.4) is 0 Å². The third-order valence-electron chi connectivity index (χ3n) is 2.59. The first-order valence-corrected chi connectivity index (χ1v) is 8.26. The highest BCUT2D eigenvalue weighted by Gasteiger charge is 2.16. The number of carbonyl (C=O) groups is 2. The third-order valence-corrected chi connectivity index (χ3v) is 4.63. The molecule has 6 heteroatoms. The molecule has 0 radical (unpaired) electrons. The molecule has 0 aliphatic rings. The topological polar surface area (TPSA) is 66.4 Å². The van der Waals surface area contributed by atoms with Gasteiger partial charge in [0.25, 0.3) is 0 Å². The number of nitrogens with one attached hydrogen (secondary N) is 1. The van der Waals surface area contributed by atoms with Crippen molar-refractivity contribution in [1.29, 1.82) is 0 Å². The largest absolute Gasteiger partial charge is 0.481 e. The predicted molar refractivity (Wildman–Crippen MR) is 79.5 cm³/mol. The zero-order valence-electron chi connectivity index (χ0n) is 10.9. The van der Waals surface area contributed by atoms with E-state index in [4.69, 9.17) is 5.11 Å². The molecule has 0 fully saturated rings. The Morgan fingerprint density at radius 2 is 2.32 bits per heavy atom. The molecule has 0 saturated heterocycles. The van der Waals surface area contributed by atoms with E-state index in [0.29, 0.717) is 12.2 Å². The minimum atomic E-state index is -0.839. The van der Waals surface area contributed by atoms with E-state index in [2.05, 4.69) is 5.32 Å². The Kier molecular flexibility index (Phi) is 7.59. The molecule has 0 bridgehead atoms. The van der Waals surface area contributed by atoms with Gasteiger partial charge in [-0.25, -0.2) is 0 Å². The lowest BCUT2D eigenvalue weighted by molar-refractivity contribution is -0.141. The van der Waals surface area contributed by atoms with Crippen LogP contribution in [0.1, 0.15) is 24.6 Å². The Hall–Kier alpha value is -1.01. The summed E-state index contributed by atoms with van der Waals surface area (Å²) in [4.78, 5) is 23.7. The summed E-state index contributed by atoms with van der Waals surface area (Å²) in [5.41, 5.74) is 0. The summed E-state index contributed by atoms with van der Waals surface area (Å²) < 4.78 is 0. The molecule has 106 valence electrons. The molecule has 0 aliphatic heterocycles. The molecule has 0 spiro atoms. The maximum Gasteiger partial charge on any atom is 0.308 e. The van der Waals surface area contributed by atoms with Gasteiger partial charge in [-0.15, -0.1) is 23.1 Å². The van der Waals surface area contributed by atoms with Gasteiger partial charge < -0.3 is 10.4 Å². The Labute approximate surface area is 121 Å². The highest BCUT2D eigenvalue weighted by molar-refractivity contribution is 7.99. The van der Waals surface area contributed by atoms with Crippen LogP contribution in [0.5, 0.6) is 0 Å². The normalized spacial score (nSPS) is 12.1. The van der Waals surface area contributed by atoms with Crippen LogP contribution in [0.2, 0.25) is 0 Å².